The molecule has 3 rings (SSSR count). The van der Waals surface area contributed by atoms with Crippen LogP contribution in [0.1, 0.15) is 53.9 Å². The molecule has 0 unspecified atom stereocenters. The van der Waals surface area contributed by atoms with Crippen LogP contribution in [0, 0.1) is 5.92 Å². The summed E-state index contributed by atoms with van der Waals surface area (Å²) in [6, 6.07) is 15.0. The number of hydrogen-bond acceptors (Lipinski definition) is 2. The maximum absolute atomic E-state index is 12.8. The van der Waals surface area contributed by atoms with Gasteiger partial charge in [0.1, 0.15) is 5.78 Å². The lowest BCUT2D eigenvalue weighted by molar-refractivity contribution is -0.125. The second kappa shape index (κ2) is 8.29. The van der Waals surface area contributed by atoms with E-state index in [1.54, 1.807) is 0 Å². The fourth-order valence-corrected chi connectivity index (χ4v) is 3.98. The number of hydrogen-bond donors (Lipinski definition) is 0. The van der Waals surface area contributed by atoms with E-state index in [-0.39, 0.29) is 23.4 Å². The average Bonchev–Trinajstić information content (AvgIpc) is 2.62. The van der Waals surface area contributed by atoms with Crippen molar-refractivity contribution in [3.05, 3.63) is 69.2 Å². The van der Waals surface area contributed by atoms with Crippen LogP contribution in [0.15, 0.2) is 53.0 Å². The number of benzene rings is 2. The van der Waals surface area contributed by atoms with E-state index in [4.69, 9.17) is 11.6 Å². The van der Waals surface area contributed by atoms with Gasteiger partial charge in [0, 0.05) is 39.7 Å². The number of carbonyl (C=O) groups is 2. The molecule has 1 aliphatic carbocycles. The normalized spacial score (nSPS) is 18.8. The second-order valence-corrected chi connectivity index (χ2v) is 7.96. The third-order valence-corrected chi connectivity index (χ3v) is 5.74. The zero-order valence-electron chi connectivity index (χ0n) is 13.9. The van der Waals surface area contributed by atoms with E-state index in [1.807, 2.05) is 48.5 Å². The molecular weight excluding hydrogens is 400 g/mol. The minimum absolute atomic E-state index is 0.0747. The first kappa shape index (κ1) is 18.3. The predicted molar refractivity (Wildman–Crippen MR) is 104 cm³/mol. The van der Waals surface area contributed by atoms with Crippen LogP contribution in [0.2, 0.25) is 5.02 Å². The molecule has 2 aromatic rings. The molecule has 25 heavy (non-hydrogen) atoms. The Kier molecular flexibility index (Phi) is 6.08. The van der Waals surface area contributed by atoms with Crippen molar-refractivity contribution in [1.29, 1.82) is 0 Å². The van der Waals surface area contributed by atoms with Crippen LogP contribution < -0.4 is 0 Å². The predicted octanol–water partition coefficient (Wildman–Crippen LogP) is 6.22. The maximum atomic E-state index is 12.8. The van der Waals surface area contributed by atoms with Gasteiger partial charge in [0.15, 0.2) is 5.78 Å². The van der Waals surface area contributed by atoms with Crippen molar-refractivity contribution in [1.82, 2.24) is 0 Å². The van der Waals surface area contributed by atoms with Crippen LogP contribution in [-0.2, 0) is 4.79 Å². The molecule has 1 aliphatic rings. The molecule has 4 heteroatoms. The molecule has 2 atom stereocenters. The van der Waals surface area contributed by atoms with Crippen molar-refractivity contribution < 1.29 is 9.59 Å². The highest BCUT2D eigenvalue weighted by molar-refractivity contribution is 9.10. The Balaban J connectivity index is 1.87. The summed E-state index contributed by atoms with van der Waals surface area (Å²) >= 11 is 9.40. The number of Topliss-reactive ketones (excluding diaryl/α,β-unsaturated/α-hetero) is 2. The van der Waals surface area contributed by atoms with Gasteiger partial charge in [0.2, 0.25) is 0 Å². The highest BCUT2D eigenvalue weighted by Gasteiger charge is 2.32. The summed E-state index contributed by atoms with van der Waals surface area (Å²) in [6.07, 6.45) is 3.84. The molecule has 2 aromatic carbocycles. The van der Waals surface area contributed by atoms with E-state index in [2.05, 4.69) is 15.9 Å². The van der Waals surface area contributed by atoms with Crippen LogP contribution in [-0.4, -0.2) is 11.6 Å². The van der Waals surface area contributed by atoms with E-state index in [9.17, 15) is 9.59 Å². The van der Waals surface area contributed by atoms with Gasteiger partial charge in [-0.3, -0.25) is 9.59 Å². The fraction of sp³-hybridized carbons (Fsp3) is 0.333. The molecule has 0 aliphatic heterocycles. The Bertz CT molecular complexity index is 752. The van der Waals surface area contributed by atoms with Crippen molar-refractivity contribution in [2.24, 2.45) is 5.92 Å². The quantitative estimate of drug-likeness (QED) is 0.539. The van der Waals surface area contributed by atoms with Gasteiger partial charge in [-0.15, -0.1) is 0 Å². The van der Waals surface area contributed by atoms with Crippen LogP contribution in [0.4, 0.5) is 0 Å². The number of ketones is 2. The van der Waals surface area contributed by atoms with Crippen LogP contribution in [0.5, 0.6) is 0 Å². The van der Waals surface area contributed by atoms with Gasteiger partial charge in [0.25, 0.3) is 0 Å². The molecule has 0 amide bonds. The molecule has 0 heterocycles. The van der Waals surface area contributed by atoms with Crippen LogP contribution in [0.3, 0.4) is 0 Å². The fourth-order valence-electron chi connectivity index (χ4n) is 3.59. The lowest BCUT2D eigenvalue weighted by Gasteiger charge is -2.29. The topological polar surface area (TPSA) is 34.1 Å². The highest BCUT2D eigenvalue weighted by atomic mass is 79.9. The van der Waals surface area contributed by atoms with Gasteiger partial charge in [-0.1, -0.05) is 58.2 Å². The number of rotatable bonds is 5. The molecule has 0 N–H and O–H groups in total. The van der Waals surface area contributed by atoms with Gasteiger partial charge in [-0.05, 0) is 42.7 Å². The summed E-state index contributed by atoms with van der Waals surface area (Å²) < 4.78 is 0.945. The molecule has 0 spiro atoms. The summed E-state index contributed by atoms with van der Waals surface area (Å²) in [4.78, 5) is 25.3. The van der Waals surface area contributed by atoms with E-state index in [1.165, 1.54) is 0 Å². The lowest BCUT2D eigenvalue weighted by Crippen LogP contribution is -2.27. The molecule has 0 aromatic heterocycles. The molecular formula is C21H20BrClO2. The molecule has 0 radical (unpaired) electrons. The van der Waals surface area contributed by atoms with Gasteiger partial charge in [-0.25, -0.2) is 0 Å². The van der Waals surface area contributed by atoms with Crippen molar-refractivity contribution in [2.45, 2.75) is 38.0 Å². The van der Waals surface area contributed by atoms with E-state index >= 15 is 0 Å². The van der Waals surface area contributed by atoms with Crippen molar-refractivity contribution in [3.63, 3.8) is 0 Å². The van der Waals surface area contributed by atoms with Crippen molar-refractivity contribution >= 4 is 39.1 Å². The van der Waals surface area contributed by atoms with E-state index < -0.39 is 0 Å². The molecule has 0 bridgehead atoms. The Morgan fingerprint density at radius 1 is 1.08 bits per heavy atom. The van der Waals surface area contributed by atoms with Gasteiger partial charge >= 0.3 is 0 Å². The maximum Gasteiger partial charge on any atom is 0.163 e. The van der Waals surface area contributed by atoms with Crippen LogP contribution in [0.25, 0.3) is 0 Å². The smallest absolute Gasteiger partial charge is 0.163 e. The van der Waals surface area contributed by atoms with Gasteiger partial charge in [-0.2, -0.15) is 0 Å². The number of halogens is 2. The molecule has 1 fully saturated rings. The van der Waals surface area contributed by atoms with E-state index in [0.717, 1.165) is 29.3 Å². The lowest BCUT2D eigenvalue weighted by atomic mass is 9.73. The van der Waals surface area contributed by atoms with Crippen molar-refractivity contribution in [3.8, 4) is 0 Å². The summed E-state index contributed by atoms with van der Waals surface area (Å²) in [7, 11) is 0. The van der Waals surface area contributed by atoms with Gasteiger partial charge < -0.3 is 0 Å². The standard InChI is InChI=1S/C21H20BrClO2/c22-16-9-5-15(6-10-16)21(25)13-19(14-7-11-17(23)12-8-14)18-3-1-2-4-20(18)24/h5-12,18-19H,1-4,13H2/t18-,19-/m1/s1. The summed E-state index contributed by atoms with van der Waals surface area (Å²) in [5.74, 6) is 0.205. The number of carbonyl (C=O) groups excluding carboxylic acids is 2. The third kappa shape index (κ3) is 4.59. The minimum Gasteiger partial charge on any atom is -0.299 e. The first-order valence-electron chi connectivity index (χ1n) is 8.61. The summed E-state index contributed by atoms with van der Waals surface area (Å²) in [5.41, 5.74) is 1.71. The van der Waals surface area contributed by atoms with Crippen molar-refractivity contribution in [2.75, 3.05) is 0 Å². The minimum atomic E-state index is -0.0822. The Hall–Kier alpha value is -1.45. The Morgan fingerprint density at radius 3 is 2.40 bits per heavy atom. The molecule has 0 saturated heterocycles. The SMILES string of the molecule is O=C(C[C@H](c1ccc(Cl)cc1)[C@H]1CCCCC1=O)c1ccc(Br)cc1. The zero-order chi connectivity index (χ0) is 17.8. The first-order valence-corrected chi connectivity index (χ1v) is 9.78. The van der Waals surface area contributed by atoms with E-state index in [0.29, 0.717) is 23.4 Å². The summed E-state index contributed by atoms with van der Waals surface area (Å²) in [5, 5.41) is 0.664. The summed E-state index contributed by atoms with van der Waals surface area (Å²) in [6.45, 7) is 0. The monoisotopic (exact) mass is 418 g/mol. The molecule has 2 nitrogen and oxygen atoms in total. The Labute approximate surface area is 161 Å². The zero-order valence-corrected chi connectivity index (χ0v) is 16.2. The second-order valence-electron chi connectivity index (χ2n) is 6.61. The van der Waals surface area contributed by atoms with Gasteiger partial charge in [0.05, 0.1) is 0 Å². The highest BCUT2D eigenvalue weighted by Crippen LogP contribution is 2.37. The largest absolute Gasteiger partial charge is 0.299 e. The Morgan fingerprint density at radius 2 is 1.76 bits per heavy atom. The molecule has 130 valence electrons. The average molecular weight is 420 g/mol. The van der Waals surface area contributed by atoms with Crippen LogP contribution >= 0.6 is 27.5 Å². The first-order chi connectivity index (χ1) is 12.0. The molecule has 1 saturated carbocycles. The third-order valence-electron chi connectivity index (χ3n) is 4.96.